The zero-order chi connectivity index (χ0) is 28.8. The lowest BCUT2D eigenvalue weighted by molar-refractivity contribution is -0.127. The van der Waals surface area contributed by atoms with Crippen LogP contribution in [0.2, 0.25) is 10.0 Å². The number of rotatable bonds is 10. The third-order valence-electron chi connectivity index (χ3n) is 5.85. The quantitative estimate of drug-likeness (QED) is 0.174. The molecule has 0 radical (unpaired) electrons. The highest BCUT2D eigenvalue weighted by Crippen LogP contribution is 2.36. The van der Waals surface area contributed by atoms with Gasteiger partial charge in [0.05, 0.1) is 12.8 Å². The summed E-state index contributed by atoms with van der Waals surface area (Å²) in [6.45, 7) is 3.35. The molecule has 0 spiro atoms. The first-order valence-electron chi connectivity index (χ1n) is 12.0. The molecule has 1 aliphatic heterocycles. The van der Waals surface area contributed by atoms with Gasteiger partial charge in [0.25, 0.3) is 5.91 Å². The number of methoxy groups -OCH3 is 1. The number of halogens is 3. The van der Waals surface area contributed by atoms with Crippen LogP contribution in [-0.4, -0.2) is 36.4 Å². The molecular formula is C29H24Cl2FN3O5. The molecular weight excluding hydrogens is 560 g/mol. The third-order valence-corrected chi connectivity index (χ3v) is 6.44. The number of ether oxygens (including phenoxy) is 2. The van der Waals surface area contributed by atoms with Crippen molar-refractivity contribution in [3.05, 3.63) is 106 Å². The van der Waals surface area contributed by atoms with Crippen LogP contribution in [0.3, 0.4) is 0 Å². The summed E-state index contributed by atoms with van der Waals surface area (Å²) in [5.41, 5.74) is 1.87. The molecule has 2 N–H and O–H groups in total. The molecule has 8 nitrogen and oxygen atoms in total. The van der Waals surface area contributed by atoms with Gasteiger partial charge in [0, 0.05) is 21.2 Å². The molecule has 0 aromatic heterocycles. The highest BCUT2D eigenvalue weighted by molar-refractivity contribution is 6.35. The number of hydrogen-bond donors (Lipinski definition) is 2. The second-order valence-electron chi connectivity index (χ2n) is 8.64. The highest BCUT2D eigenvalue weighted by Gasteiger charge is 2.35. The molecule has 0 atom stereocenters. The summed E-state index contributed by atoms with van der Waals surface area (Å²) >= 11 is 12.3. The Morgan fingerprint density at radius 1 is 1.12 bits per heavy atom. The molecule has 0 unspecified atom stereocenters. The maximum Gasteiger partial charge on any atom is 0.329 e. The van der Waals surface area contributed by atoms with Gasteiger partial charge < -0.3 is 20.1 Å². The van der Waals surface area contributed by atoms with Gasteiger partial charge in [0.15, 0.2) is 11.5 Å². The van der Waals surface area contributed by atoms with Crippen molar-refractivity contribution in [2.24, 2.45) is 0 Å². The van der Waals surface area contributed by atoms with Crippen LogP contribution in [0.5, 0.6) is 11.5 Å². The minimum Gasteiger partial charge on any atom is -0.493 e. The second kappa shape index (κ2) is 12.7. The lowest BCUT2D eigenvalue weighted by Crippen LogP contribution is -2.38. The molecule has 1 fully saturated rings. The molecule has 0 saturated carbocycles. The topological polar surface area (TPSA) is 97.0 Å². The normalized spacial score (nSPS) is 13.8. The number of carbonyl (C=O) groups is 3. The predicted octanol–water partition coefficient (Wildman–Crippen LogP) is 5.98. The van der Waals surface area contributed by atoms with E-state index in [2.05, 4.69) is 17.2 Å². The van der Waals surface area contributed by atoms with Crippen molar-refractivity contribution in [1.82, 2.24) is 10.2 Å². The zero-order valence-corrected chi connectivity index (χ0v) is 22.8. The first-order chi connectivity index (χ1) is 19.2. The molecule has 206 valence electrons. The van der Waals surface area contributed by atoms with Crippen molar-refractivity contribution in [1.29, 1.82) is 0 Å². The van der Waals surface area contributed by atoms with Gasteiger partial charge in [-0.05, 0) is 54.5 Å². The first-order valence-corrected chi connectivity index (χ1v) is 12.7. The van der Waals surface area contributed by atoms with Crippen LogP contribution in [0.1, 0.15) is 16.7 Å². The smallest absolute Gasteiger partial charge is 0.329 e. The average Bonchev–Trinajstić information content (AvgIpc) is 3.17. The first kappa shape index (κ1) is 28.7. The van der Waals surface area contributed by atoms with E-state index in [0.717, 1.165) is 10.5 Å². The Morgan fingerprint density at radius 3 is 2.60 bits per heavy atom. The third kappa shape index (κ3) is 6.62. The summed E-state index contributed by atoms with van der Waals surface area (Å²) < 4.78 is 25.5. The van der Waals surface area contributed by atoms with Crippen LogP contribution < -0.4 is 20.1 Å². The SMILES string of the molecule is C=CCc1cc(/C=C2/NC(=O)N(CC(=O)Nc3ccccc3F)C2=O)cc(OC)c1OCc1ccc(Cl)cc1Cl. The highest BCUT2D eigenvalue weighted by atomic mass is 35.5. The summed E-state index contributed by atoms with van der Waals surface area (Å²) in [7, 11) is 1.48. The fraction of sp³-hybridized carbons (Fsp3) is 0.138. The van der Waals surface area contributed by atoms with Gasteiger partial charge >= 0.3 is 6.03 Å². The molecule has 4 rings (SSSR count). The number of anilines is 1. The molecule has 1 heterocycles. The van der Waals surface area contributed by atoms with Gasteiger partial charge in [0.1, 0.15) is 24.7 Å². The molecule has 40 heavy (non-hydrogen) atoms. The van der Waals surface area contributed by atoms with E-state index in [4.69, 9.17) is 32.7 Å². The van der Waals surface area contributed by atoms with E-state index in [1.54, 1.807) is 42.5 Å². The summed E-state index contributed by atoms with van der Waals surface area (Å²) in [5.74, 6) is -1.23. The maximum atomic E-state index is 13.8. The van der Waals surface area contributed by atoms with Crippen LogP contribution in [-0.2, 0) is 22.6 Å². The van der Waals surface area contributed by atoms with Gasteiger partial charge in [-0.2, -0.15) is 0 Å². The number of para-hydroxylation sites is 1. The van der Waals surface area contributed by atoms with Gasteiger partial charge in [-0.3, -0.25) is 9.59 Å². The van der Waals surface area contributed by atoms with E-state index in [1.165, 1.54) is 31.4 Å². The molecule has 3 aromatic carbocycles. The number of nitrogens with zero attached hydrogens (tertiary/aromatic N) is 1. The maximum absolute atomic E-state index is 13.8. The Balaban J connectivity index is 1.54. The Morgan fingerprint density at radius 2 is 1.90 bits per heavy atom. The minimum atomic E-state index is -0.780. The monoisotopic (exact) mass is 583 g/mol. The van der Waals surface area contributed by atoms with Crippen LogP contribution in [0, 0.1) is 5.82 Å². The van der Waals surface area contributed by atoms with E-state index in [1.807, 2.05) is 0 Å². The molecule has 0 bridgehead atoms. The van der Waals surface area contributed by atoms with Crippen LogP contribution in [0.15, 0.2) is 72.9 Å². The molecule has 4 amide bonds. The summed E-state index contributed by atoms with van der Waals surface area (Å²) in [6.07, 6.45) is 3.57. The summed E-state index contributed by atoms with van der Waals surface area (Å²) in [4.78, 5) is 38.5. The van der Waals surface area contributed by atoms with Crippen LogP contribution >= 0.6 is 23.2 Å². The summed E-state index contributed by atoms with van der Waals surface area (Å²) in [5, 5.41) is 5.79. The number of carbonyl (C=O) groups excluding carboxylic acids is 3. The van der Waals surface area contributed by atoms with Gasteiger partial charge in [0.2, 0.25) is 5.91 Å². The largest absolute Gasteiger partial charge is 0.493 e. The van der Waals surface area contributed by atoms with E-state index in [0.29, 0.717) is 39.1 Å². The van der Waals surface area contributed by atoms with Crippen molar-refractivity contribution < 1.29 is 28.2 Å². The number of amides is 4. The lowest BCUT2D eigenvalue weighted by atomic mass is 10.0. The van der Waals surface area contributed by atoms with Gasteiger partial charge in [-0.15, -0.1) is 6.58 Å². The Labute approximate surface area is 240 Å². The number of hydrogen-bond acceptors (Lipinski definition) is 5. The van der Waals surface area contributed by atoms with E-state index in [9.17, 15) is 18.8 Å². The fourth-order valence-electron chi connectivity index (χ4n) is 3.96. The second-order valence-corrected chi connectivity index (χ2v) is 9.48. The lowest BCUT2D eigenvalue weighted by Gasteiger charge is -2.16. The zero-order valence-electron chi connectivity index (χ0n) is 21.3. The minimum absolute atomic E-state index is 0.0445. The number of urea groups is 1. The number of nitrogens with one attached hydrogen (secondary N) is 2. The van der Waals surface area contributed by atoms with E-state index < -0.39 is 30.2 Å². The Hall–Kier alpha value is -4.34. The number of imide groups is 1. The van der Waals surface area contributed by atoms with E-state index >= 15 is 0 Å². The van der Waals surface area contributed by atoms with E-state index in [-0.39, 0.29) is 18.0 Å². The van der Waals surface area contributed by atoms with Crippen molar-refractivity contribution >= 4 is 52.8 Å². The Kier molecular flexibility index (Phi) is 9.08. The fourth-order valence-corrected chi connectivity index (χ4v) is 4.42. The van der Waals surface area contributed by atoms with Gasteiger partial charge in [-0.1, -0.05) is 47.5 Å². The van der Waals surface area contributed by atoms with Gasteiger partial charge in [-0.25, -0.2) is 14.1 Å². The molecule has 1 saturated heterocycles. The summed E-state index contributed by atoms with van der Waals surface area (Å²) in [6, 6.07) is 13.3. The number of benzene rings is 3. The number of allylic oxidation sites excluding steroid dienone is 1. The van der Waals surface area contributed by atoms with Crippen LogP contribution in [0.4, 0.5) is 14.9 Å². The Bertz CT molecular complexity index is 1530. The predicted molar refractivity (Wildman–Crippen MR) is 151 cm³/mol. The van der Waals surface area contributed by atoms with Crippen molar-refractivity contribution in [2.75, 3.05) is 19.0 Å². The molecule has 0 aliphatic carbocycles. The van der Waals surface area contributed by atoms with Crippen molar-refractivity contribution in [3.63, 3.8) is 0 Å². The standard InChI is InChI=1S/C29H24Cl2FN3O5/c1-3-6-18-11-17(13-25(39-2)27(18)40-16-19-9-10-20(30)14-21(19)31)12-24-28(37)35(29(38)34-24)15-26(36)33-23-8-5-4-7-22(23)32/h3-5,7-14H,1,6,15-16H2,2H3,(H,33,36)(H,34,38)/b24-12+. The van der Waals surface area contributed by atoms with Crippen molar-refractivity contribution in [2.45, 2.75) is 13.0 Å². The molecule has 11 heteroatoms. The van der Waals surface area contributed by atoms with Crippen LogP contribution in [0.25, 0.3) is 6.08 Å². The van der Waals surface area contributed by atoms with Crippen molar-refractivity contribution in [3.8, 4) is 11.5 Å². The molecule has 1 aliphatic rings. The molecule has 3 aromatic rings. The average molecular weight is 584 g/mol.